The van der Waals surface area contributed by atoms with E-state index in [9.17, 15) is 0 Å². The number of hydrogen-bond acceptors (Lipinski definition) is 3. The highest BCUT2D eigenvalue weighted by atomic mass is 32.1. The Bertz CT molecular complexity index is 1370. The molecule has 5 nitrogen and oxygen atoms in total. The van der Waals surface area contributed by atoms with E-state index in [1.54, 1.807) is 11.8 Å². The second-order valence-electron chi connectivity index (χ2n) is 7.01. The topological polar surface area (TPSA) is 56.6 Å². The molecule has 0 aliphatic heterocycles. The van der Waals surface area contributed by atoms with E-state index >= 15 is 0 Å². The van der Waals surface area contributed by atoms with Gasteiger partial charge in [-0.1, -0.05) is 54.7 Å². The van der Waals surface area contributed by atoms with E-state index in [2.05, 4.69) is 21.9 Å². The van der Waals surface area contributed by atoms with Gasteiger partial charge in [-0.3, -0.25) is 4.40 Å². The molecule has 0 spiro atoms. The number of nitrogen functional groups attached to an aromatic ring is 1. The van der Waals surface area contributed by atoms with Crippen molar-refractivity contribution in [1.82, 2.24) is 9.08 Å². The number of hydrogen-bond donors (Lipinski definition) is 2. The highest BCUT2D eigenvalue weighted by molar-refractivity contribution is 7.81. The summed E-state index contributed by atoms with van der Waals surface area (Å²) in [7, 11) is 1.66. The molecule has 0 bridgehead atoms. The molecule has 6 heteroatoms. The summed E-state index contributed by atoms with van der Waals surface area (Å²) in [5.74, 6) is 7.25. The average molecular weight is 413 g/mol. The first kappa shape index (κ1) is 18.3. The summed E-state index contributed by atoms with van der Waals surface area (Å²) in [5.41, 5.74) is 6.69. The van der Waals surface area contributed by atoms with Gasteiger partial charge in [0.15, 0.2) is 0 Å². The molecule has 0 fully saturated rings. The summed E-state index contributed by atoms with van der Waals surface area (Å²) >= 11 is 5.89. The number of benzene rings is 3. The summed E-state index contributed by atoms with van der Waals surface area (Å²) in [6.45, 7) is 0. The second-order valence-corrected chi connectivity index (χ2v) is 7.42. The van der Waals surface area contributed by atoms with Crippen LogP contribution in [0.3, 0.4) is 0 Å². The van der Waals surface area contributed by atoms with Gasteiger partial charge in [0.05, 0.1) is 23.8 Å². The van der Waals surface area contributed by atoms with Crippen molar-refractivity contribution in [3.05, 3.63) is 90.6 Å². The Morgan fingerprint density at radius 2 is 1.57 bits per heavy atom. The number of fused-ring (bicyclic) bond motifs is 3. The number of methoxy groups -OCH3 is 1. The molecule has 0 saturated heterocycles. The fourth-order valence-corrected chi connectivity index (χ4v) is 4.14. The molecule has 30 heavy (non-hydrogen) atoms. The van der Waals surface area contributed by atoms with E-state index in [1.807, 2.05) is 72.8 Å². The minimum absolute atomic E-state index is 0.628. The molecule has 0 unspecified atom stereocenters. The molecular weight excluding hydrogens is 392 g/mol. The van der Waals surface area contributed by atoms with E-state index < -0.39 is 0 Å². The number of ether oxygens (including phenoxy) is 1. The minimum atomic E-state index is 0.628. The van der Waals surface area contributed by atoms with E-state index in [0.29, 0.717) is 4.99 Å². The van der Waals surface area contributed by atoms with Crippen molar-refractivity contribution in [1.29, 1.82) is 0 Å². The van der Waals surface area contributed by atoms with Crippen molar-refractivity contribution in [3.63, 3.8) is 0 Å². The predicted octanol–water partition coefficient (Wildman–Crippen LogP) is 5.07. The molecule has 3 N–H and O–H groups in total. The Hall–Kier alpha value is -3.77. The van der Waals surface area contributed by atoms with Gasteiger partial charge in [-0.25, -0.2) is 4.68 Å². The molecule has 5 aromatic rings. The molecule has 0 aliphatic rings. The number of nitrogens with zero attached hydrogens (tertiary/aromatic N) is 2. The summed E-state index contributed by atoms with van der Waals surface area (Å²) in [4.78, 5) is 0.628. The standard InChI is InChI=1S/C24H20N4OS/c1-29-18-13-11-16(12-14-18)19-15-22-27(20-9-5-6-10-21(20)28(22)25)23(19)24(30)26-17-7-3-2-4-8-17/h2-15H,25H2,1H3,(H,26,30). The zero-order chi connectivity index (χ0) is 20.7. The Morgan fingerprint density at radius 3 is 2.27 bits per heavy atom. The van der Waals surface area contributed by atoms with Crippen molar-refractivity contribution >= 4 is 39.6 Å². The lowest BCUT2D eigenvalue weighted by Gasteiger charge is -2.11. The number of anilines is 1. The second kappa shape index (κ2) is 7.24. The van der Waals surface area contributed by atoms with Gasteiger partial charge in [0, 0.05) is 11.3 Å². The summed E-state index contributed by atoms with van der Waals surface area (Å²) in [6, 6.07) is 28.0. The molecule has 0 saturated carbocycles. The molecule has 0 aliphatic carbocycles. The quantitative estimate of drug-likeness (QED) is 0.320. The molecule has 3 aromatic carbocycles. The van der Waals surface area contributed by atoms with Gasteiger partial charge < -0.3 is 15.9 Å². The lowest BCUT2D eigenvalue weighted by atomic mass is 10.1. The molecule has 2 heterocycles. The van der Waals surface area contributed by atoms with E-state index in [1.165, 1.54) is 0 Å². The zero-order valence-corrected chi connectivity index (χ0v) is 17.2. The van der Waals surface area contributed by atoms with Gasteiger partial charge in [0.2, 0.25) is 0 Å². The molecule has 0 amide bonds. The number of para-hydroxylation sites is 3. The number of rotatable bonds is 4. The van der Waals surface area contributed by atoms with Crippen molar-refractivity contribution in [2.45, 2.75) is 0 Å². The highest BCUT2D eigenvalue weighted by Crippen LogP contribution is 2.33. The van der Waals surface area contributed by atoms with Crippen molar-refractivity contribution in [2.75, 3.05) is 18.3 Å². The largest absolute Gasteiger partial charge is 0.497 e. The van der Waals surface area contributed by atoms with Crippen LogP contribution in [0, 0.1) is 0 Å². The monoisotopic (exact) mass is 412 g/mol. The van der Waals surface area contributed by atoms with Crippen molar-refractivity contribution in [2.24, 2.45) is 0 Å². The van der Waals surface area contributed by atoms with Gasteiger partial charge in [0.25, 0.3) is 0 Å². The summed E-state index contributed by atoms with van der Waals surface area (Å²) in [5, 5.41) is 3.38. The molecule has 5 rings (SSSR count). The third kappa shape index (κ3) is 2.89. The van der Waals surface area contributed by atoms with Gasteiger partial charge in [0.1, 0.15) is 16.4 Å². The Balaban J connectivity index is 1.75. The minimum Gasteiger partial charge on any atom is -0.497 e. The number of nitrogens with one attached hydrogen (secondary N) is 1. The van der Waals surface area contributed by atoms with Crippen LogP contribution in [-0.4, -0.2) is 21.2 Å². The third-order valence-corrected chi connectivity index (χ3v) is 5.55. The number of imidazole rings is 1. The van der Waals surface area contributed by atoms with Crippen LogP contribution in [0.1, 0.15) is 5.69 Å². The molecule has 2 aromatic heterocycles. The van der Waals surface area contributed by atoms with Crippen LogP contribution in [0.25, 0.3) is 27.8 Å². The maximum absolute atomic E-state index is 6.45. The lowest BCUT2D eigenvalue weighted by Crippen LogP contribution is -2.14. The van der Waals surface area contributed by atoms with Gasteiger partial charge in [-0.05, 0) is 48.0 Å². The molecule has 0 atom stereocenters. The fourth-order valence-electron chi connectivity index (χ4n) is 3.82. The van der Waals surface area contributed by atoms with Crippen LogP contribution in [0.15, 0.2) is 84.9 Å². The van der Waals surface area contributed by atoms with E-state index in [0.717, 1.165) is 44.9 Å². The average Bonchev–Trinajstić information content (AvgIpc) is 3.31. The maximum atomic E-state index is 6.45. The van der Waals surface area contributed by atoms with Crippen LogP contribution >= 0.6 is 12.2 Å². The van der Waals surface area contributed by atoms with Crippen LogP contribution < -0.4 is 15.9 Å². The summed E-state index contributed by atoms with van der Waals surface area (Å²) < 4.78 is 9.14. The smallest absolute Gasteiger partial charge is 0.137 e. The van der Waals surface area contributed by atoms with Gasteiger partial charge >= 0.3 is 0 Å². The van der Waals surface area contributed by atoms with Crippen LogP contribution in [-0.2, 0) is 0 Å². The SMILES string of the molecule is COc1ccc(-c2cc3n(N)c4ccccc4n3c2C(=S)Nc2ccccc2)cc1. The van der Waals surface area contributed by atoms with Crippen LogP contribution in [0.5, 0.6) is 5.75 Å². The zero-order valence-electron chi connectivity index (χ0n) is 16.4. The van der Waals surface area contributed by atoms with E-state index in [4.69, 9.17) is 22.8 Å². The number of aromatic nitrogens is 2. The van der Waals surface area contributed by atoms with Gasteiger partial charge in [-0.15, -0.1) is 0 Å². The van der Waals surface area contributed by atoms with Gasteiger partial charge in [-0.2, -0.15) is 0 Å². The first-order chi connectivity index (χ1) is 14.7. The Morgan fingerprint density at radius 1 is 0.900 bits per heavy atom. The van der Waals surface area contributed by atoms with Crippen molar-refractivity contribution in [3.8, 4) is 16.9 Å². The van der Waals surface area contributed by atoms with Crippen molar-refractivity contribution < 1.29 is 4.74 Å². The normalized spacial score (nSPS) is 11.1. The fraction of sp³-hybridized carbons (Fsp3) is 0.0417. The first-order valence-electron chi connectivity index (χ1n) is 9.58. The Labute approximate surface area is 179 Å². The number of thiocarbonyl (C=S) groups is 1. The molecule has 148 valence electrons. The predicted molar refractivity (Wildman–Crippen MR) is 127 cm³/mol. The van der Waals surface area contributed by atoms with Crippen LogP contribution in [0.2, 0.25) is 0 Å². The van der Waals surface area contributed by atoms with Crippen LogP contribution in [0.4, 0.5) is 5.69 Å². The van der Waals surface area contributed by atoms with E-state index in [-0.39, 0.29) is 0 Å². The molecule has 0 radical (unpaired) electrons. The lowest BCUT2D eigenvalue weighted by molar-refractivity contribution is 0.415. The third-order valence-electron chi connectivity index (χ3n) is 5.26. The highest BCUT2D eigenvalue weighted by Gasteiger charge is 2.21. The number of nitrogens with two attached hydrogens (primary N) is 1. The maximum Gasteiger partial charge on any atom is 0.137 e. The summed E-state index contributed by atoms with van der Waals surface area (Å²) in [6.07, 6.45) is 0. The molecular formula is C24H20N4OS. The first-order valence-corrected chi connectivity index (χ1v) is 9.99. The Kier molecular flexibility index (Phi) is 4.41.